The SMILES string of the molecule is CC(C)(C)NCCN1CC=CCC1. The van der Waals surface area contributed by atoms with Crippen LogP contribution < -0.4 is 5.32 Å². The fraction of sp³-hybridized carbons (Fsp3) is 0.818. The summed E-state index contributed by atoms with van der Waals surface area (Å²) in [4.78, 5) is 2.48. The van der Waals surface area contributed by atoms with Gasteiger partial charge in [-0.3, -0.25) is 4.90 Å². The minimum atomic E-state index is 0.256. The Balaban J connectivity index is 2.09. The molecule has 1 heterocycles. The van der Waals surface area contributed by atoms with Crippen LogP contribution in [0.5, 0.6) is 0 Å². The van der Waals surface area contributed by atoms with Crippen molar-refractivity contribution in [3.8, 4) is 0 Å². The summed E-state index contributed by atoms with van der Waals surface area (Å²) >= 11 is 0. The van der Waals surface area contributed by atoms with Gasteiger partial charge in [-0.1, -0.05) is 12.2 Å². The van der Waals surface area contributed by atoms with Crippen molar-refractivity contribution in [3.63, 3.8) is 0 Å². The highest BCUT2D eigenvalue weighted by atomic mass is 15.1. The van der Waals surface area contributed by atoms with E-state index in [1.807, 2.05) is 0 Å². The highest BCUT2D eigenvalue weighted by Crippen LogP contribution is 2.01. The molecule has 0 bridgehead atoms. The van der Waals surface area contributed by atoms with Crippen LogP contribution in [0.1, 0.15) is 27.2 Å². The summed E-state index contributed by atoms with van der Waals surface area (Å²) in [5.74, 6) is 0. The van der Waals surface area contributed by atoms with Crippen molar-refractivity contribution >= 4 is 0 Å². The maximum Gasteiger partial charge on any atom is 0.0163 e. The molecule has 1 N–H and O–H groups in total. The molecule has 2 nitrogen and oxygen atoms in total. The van der Waals surface area contributed by atoms with Crippen molar-refractivity contribution < 1.29 is 0 Å². The summed E-state index contributed by atoms with van der Waals surface area (Å²) in [5, 5.41) is 3.50. The van der Waals surface area contributed by atoms with E-state index in [9.17, 15) is 0 Å². The van der Waals surface area contributed by atoms with E-state index in [0.29, 0.717) is 0 Å². The zero-order valence-corrected chi connectivity index (χ0v) is 9.14. The third-order valence-electron chi connectivity index (χ3n) is 2.23. The van der Waals surface area contributed by atoms with Crippen molar-refractivity contribution in [2.45, 2.75) is 32.7 Å². The lowest BCUT2D eigenvalue weighted by Crippen LogP contribution is -2.42. The smallest absolute Gasteiger partial charge is 0.0163 e. The first-order chi connectivity index (χ1) is 6.08. The first-order valence-electron chi connectivity index (χ1n) is 5.20. The molecule has 0 unspecified atom stereocenters. The second-order valence-corrected chi connectivity index (χ2v) is 4.74. The molecule has 1 aliphatic heterocycles. The molecule has 0 atom stereocenters. The molecule has 0 aromatic heterocycles. The number of rotatable bonds is 3. The van der Waals surface area contributed by atoms with Gasteiger partial charge in [-0.05, 0) is 27.2 Å². The second-order valence-electron chi connectivity index (χ2n) is 4.74. The summed E-state index contributed by atoms with van der Waals surface area (Å²) in [6.45, 7) is 11.3. The largest absolute Gasteiger partial charge is 0.311 e. The number of nitrogens with zero attached hydrogens (tertiary/aromatic N) is 1. The molecule has 0 aliphatic carbocycles. The molecule has 1 rings (SSSR count). The Morgan fingerprint density at radius 2 is 2.08 bits per heavy atom. The highest BCUT2D eigenvalue weighted by molar-refractivity contribution is 4.90. The van der Waals surface area contributed by atoms with Gasteiger partial charge in [0.25, 0.3) is 0 Å². The number of nitrogens with one attached hydrogen (secondary N) is 1. The van der Waals surface area contributed by atoms with Gasteiger partial charge in [-0.25, -0.2) is 0 Å². The van der Waals surface area contributed by atoms with Crippen molar-refractivity contribution in [2.24, 2.45) is 0 Å². The molecule has 0 aromatic carbocycles. The summed E-state index contributed by atoms with van der Waals surface area (Å²) in [5.41, 5.74) is 0.256. The zero-order chi connectivity index (χ0) is 9.73. The van der Waals surface area contributed by atoms with E-state index in [-0.39, 0.29) is 5.54 Å². The predicted octanol–water partition coefficient (Wildman–Crippen LogP) is 1.64. The molecule has 0 spiro atoms. The van der Waals surface area contributed by atoms with Gasteiger partial charge in [-0.15, -0.1) is 0 Å². The predicted molar refractivity (Wildman–Crippen MR) is 58.0 cm³/mol. The van der Waals surface area contributed by atoms with E-state index in [0.717, 1.165) is 13.1 Å². The van der Waals surface area contributed by atoms with E-state index < -0.39 is 0 Å². The molecule has 0 saturated heterocycles. The first kappa shape index (κ1) is 10.7. The second kappa shape index (κ2) is 4.77. The lowest BCUT2D eigenvalue weighted by Gasteiger charge is -2.26. The Kier molecular flexibility index (Phi) is 3.94. The third kappa shape index (κ3) is 5.06. The summed E-state index contributed by atoms with van der Waals surface area (Å²) < 4.78 is 0. The van der Waals surface area contributed by atoms with Crippen LogP contribution in [0.25, 0.3) is 0 Å². The van der Waals surface area contributed by atoms with Gasteiger partial charge in [0, 0.05) is 31.7 Å². The maximum atomic E-state index is 3.50. The topological polar surface area (TPSA) is 15.3 Å². The molecule has 0 radical (unpaired) electrons. The van der Waals surface area contributed by atoms with Crippen LogP contribution in [-0.4, -0.2) is 36.6 Å². The Labute approximate surface area is 82.0 Å². The molecule has 0 amide bonds. The van der Waals surface area contributed by atoms with Crippen molar-refractivity contribution in [1.29, 1.82) is 0 Å². The first-order valence-corrected chi connectivity index (χ1v) is 5.20. The van der Waals surface area contributed by atoms with Crippen LogP contribution >= 0.6 is 0 Å². The van der Waals surface area contributed by atoms with Gasteiger partial charge in [0.2, 0.25) is 0 Å². The third-order valence-corrected chi connectivity index (χ3v) is 2.23. The van der Waals surface area contributed by atoms with Crippen LogP contribution in [0, 0.1) is 0 Å². The van der Waals surface area contributed by atoms with Crippen LogP contribution in [-0.2, 0) is 0 Å². The fourth-order valence-electron chi connectivity index (χ4n) is 1.48. The quantitative estimate of drug-likeness (QED) is 0.667. The van der Waals surface area contributed by atoms with Crippen LogP contribution in [0.4, 0.5) is 0 Å². The van der Waals surface area contributed by atoms with Gasteiger partial charge in [-0.2, -0.15) is 0 Å². The molecular weight excluding hydrogens is 160 g/mol. The molecule has 1 aliphatic rings. The van der Waals surface area contributed by atoms with Gasteiger partial charge < -0.3 is 5.32 Å². The molecule has 76 valence electrons. The van der Waals surface area contributed by atoms with E-state index in [4.69, 9.17) is 0 Å². The fourth-order valence-corrected chi connectivity index (χ4v) is 1.48. The van der Waals surface area contributed by atoms with Gasteiger partial charge in [0.1, 0.15) is 0 Å². The normalized spacial score (nSPS) is 19.3. The van der Waals surface area contributed by atoms with Crippen LogP contribution in [0.3, 0.4) is 0 Å². The van der Waals surface area contributed by atoms with Gasteiger partial charge in [0.05, 0.1) is 0 Å². The van der Waals surface area contributed by atoms with Gasteiger partial charge in [0.15, 0.2) is 0 Å². The molecule has 13 heavy (non-hydrogen) atoms. The lowest BCUT2D eigenvalue weighted by atomic mass is 10.1. The number of hydrogen-bond acceptors (Lipinski definition) is 2. The van der Waals surface area contributed by atoms with E-state index >= 15 is 0 Å². The lowest BCUT2D eigenvalue weighted by molar-refractivity contribution is 0.282. The molecule has 2 heteroatoms. The van der Waals surface area contributed by atoms with Crippen molar-refractivity contribution in [3.05, 3.63) is 12.2 Å². The molecule has 0 fully saturated rings. The van der Waals surface area contributed by atoms with E-state index in [2.05, 4.69) is 43.1 Å². The van der Waals surface area contributed by atoms with E-state index in [1.165, 1.54) is 19.5 Å². The molecule has 0 saturated carbocycles. The Hall–Kier alpha value is -0.340. The summed E-state index contributed by atoms with van der Waals surface area (Å²) in [6, 6.07) is 0. The summed E-state index contributed by atoms with van der Waals surface area (Å²) in [7, 11) is 0. The minimum absolute atomic E-state index is 0.256. The molecular formula is C11H22N2. The van der Waals surface area contributed by atoms with Crippen LogP contribution in [0.2, 0.25) is 0 Å². The number of hydrogen-bond donors (Lipinski definition) is 1. The van der Waals surface area contributed by atoms with E-state index in [1.54, 1.807) is 0 Å². The van der Waals surface area contributed by atoms with Crippen molar-refractivity contribution in [2.75, 3.05) is 26.2 Å². The highest BCUT2D eigenvalue weighted by Gasteiger charge is 2.10. The Bertz CT molecular complexity index is 167. The average Bonchev–Trinajstić information content (AvgIpc) is 2.04. The Morgan fingerprint density at radius 3 is 2.62 bits per heavy atom. The minimum Gasteiger partial charge on any atom is -0.311 e. The Morgan fingerprint density at radius 1 is 1.31 bits per heavy atom. The zero-order valence-electron chi connectivity index (χ0n) is 9.14. The monoisotopic (exact) mass is 182 g/mol. The van der Waals surface area contributed by atoms with Crippen molar-refractivity contribution in [1.82, 2.24) is 10.2 Å². The summed E-state index contributed by atoms with van der Waals surface area (Å²) in [6.07, 6.45) is 5.75. The standard InChI is InChI=1S/C11H22N2/c1-11(2,3)12-7-10-13-8-5-4-6-9-13/h4-5,12H,6-10H2,1-3H3. The molecule has 0 aromatic rings. The van der Waals surface area contributed by atoms with Crippen LogP contribution in [0.15, 0.2) is 12.2 Å². The average molecular weight is 182 g/mol. The maximum absolute atomic E-state index is 3.50. The van der Waals surface area contributed by atoms with Gasteiger partial charge >= 0.3 is 0 Å².